The second-order valence-electron chi connectivity index (χ2n) is 3.18. The van der Waals surface area contributed by atoms with Crippen LogP contribution < -0.4 is 5.32 Å². The summed E-state index contributed by atoms with van der Waals surface area (Å²) in [6, 6.07) is 3.55. The summed E-state index contributed by atoms with van der Waals surface area (Å²) >= 11 is 0. The molecule has 1 N–H and O–H groups in total. The summed E-state index contributed by atoms with van der Waals surface area (Å²) in [5.41, 5.74) is 2.96. The second-order valence-corrected chi connectivity index (χ2v) is 3.18. The van der Waals surface area contributed by atoms with Gasteiger partial charge in [0, 0.05) is 14.0 Å². The van der Waals surface area contributed by atoms with E-state index in [0.29, 0.717) is 5.69 Å². The molecule has 74 valence electrons. The van der Waals surface area contributed by atoms with Crippen LogP contribution >= 0.6 is 0 Å². The lowest BCUT2D eigenvalue weighted by molar-refractivity contribution is 0.101. The normalized spacial score (nSPS) is 9.64. The predicted molar refractivity (Wildman–Crippen MR) is 58.5 cm³/mol. The Kier molecular flexibility index (Phi) is 3.02. The minimum absolute atomic E-state index is 0.0323. The highest BCUT2D eigenvalue weighted by Gasteiger charge is 2.07. The van der Waals surface area contributed by atoms with Crippen molar-refractivity contribution in [1.82, 2.24) is 4.98 Å². The average molecular weight is 190 g/mol. The van der Waals surface area contributed by atoms with E-state index in [1.54, 1.807) is 6.07 Å². The second kappa shape index (κ2) is 4.05. The highest BCUT2D eigenvalue weighted by molar-refractivity contribution is 5.93. The number of carbonyl (C=O) groups excluding carboxylic acids is 1. The van der Waals surface area contributed by atoms with Crippen molar-refractivity contribution in [2.75, 3.05) is 12.4 Å². The number of hydrogen-bond donors (Lipinski definition) is 1. The van der Waals surface area contributed by atoms with Gasteiger partial charge in [-0.15, -0.1) is 0 Å². The zero-order valence-corrected chi connectivity index (χ0v) is 8.72. The molecule has 3 nitrogen and oxygen atoms in total. The molecule has 0 saturated carbocycles. The first-order valence-electron chi connectivity index (χ1n) is 4.42. The highest BCUT2D eigenvalue weighted by atomic mass is 16.1. The van der Waals surface area contributed by atoms with Crippen molar-refractivity contribution < 1.29 is 4.79 Å². The minimum atomic E-state index is -0.0323. The number of anilines is 1. The maximum Gasteiger partial charge on any atom is 0.178 e. The molecule has 1 rings (SSSR count). The molecule has 14 heavy (non-hydrogen) atoms. The molecule has 0 spiro atoms. The van der Waals surface area contributed by atoms with Gasteiger partial charge in [-0.3, -0.25) is 4.79 Å². The Balaban J connectivity index is 3.27. The van der Waals surface area contributed by atoms with Gasteiger partial charge in [-0.2, -0.15) is 0 Å². The van der Waals surface area contributed by atoms with Gasteiger partial charge in [-0.1, -0.05) is 6.58 Å². The Hall–Kier alpha value is -1.64. The molecule has 1 heterocycles. The van der Waals surface area contributed by atoms with Gasteiger partial charge in [-0.25, -0.2) is 4.98 Å². The molecule has 0 atom stereocenters. The number of allylic oxidation sites excluding steroid dienone is 1. The fourth-order valence-electron chi connectivity index (χ4n) is 1.18. The van der Waals surface area contributed by atoms with Crippen molar-refractivity contribution in [2.24, 2.45) is 0 Å². The smallest absolute Gasteiger partial charge is 0.178 e. The lowest BCUT2D eigenvalue weighted by Crippen LogP contribution is -2.03. The Morgan fingerprint density at radius 1 is 1.43 bits per heavy atom. The van der Waals surface area contributed by atoms with Crippen LogP contribution in [0.5, 0.6) is 0 Å². The highest BCUT2D eigenvalue weighted by Crippen LogP contribution is 2.20. The molecule has 0 radical (unpaired) electrons. The number of Topliss-reactive ketones (excluding diaryl/α,β-unsaturated/α-hetero) is 1. The number of nitrogens with one attached hydrogen (secondary N) is 1. The molecule has 0 unspecified atom stereocenters. The van der Waals surface area contributed by atoms with Gasteiger partial charge in [0.2, 0.25) is 0 Å². The van der Waals surface area contributed by atoms with E-state index in [9.17, 15) is 4.79 Å². The number of carbonyl (C=O) groups is 1. The van der Waals surface area contributed by atoms with Gasteiger partial charge < -0.3 is 5.32 Å². The molecular formula is C11H14N2O. The Bertz CT molecular complexity index is 383. The van der Waals surface area contributed by atoms with Crippen molar-refractivity contribution in [1.29, 1.82) is 0 Å². The maximum atomic E-state index is 11.1. The summed E-state index contributed by atoms with van der Waals surface area (Å²) in [6.45, 7) is 7.19. The molecule has 1 aromatic heterocycles. The van der Waals surface area contributed by atoms with E-state index < -0.39 is 0 Å². The largest absolute Gasteiger partial charge is 0.386 e. The predicted octanol–water partition coefficient (Wildman–Crippen LogP) is 2.36. The van der Waals surface area contributed by atoms with E-state index >= 15 is 0 Å². The third kappa shape index (κ3) is 1.99. The van der Waals surface area contributed by atoms with E-state index in [1.807, 2.05) is 20.0 Å². The summed E-state index contributed by atoms with van der Waals surface area (Å²) in [7, 11) is 1.82. The zero-order valence-electron chi connectivity index (χ0n) is 8.72. The van der Waals surface area contributed by atoms with E-state index in [4.69, 9.17) is 0 Å². The van der Waals surface area contributed by atoms with Gasteiger partial charge in [0.05, 0.1) is 11.4 Å². The molecular weight excluding hydrogens is 176 g/mol. The van der Waals surface area contributed by atoms with Crippen LogP contribution in [0.15, 0.2) is 18.7 Å². The standard InChI is InChI=1S/C11H14N2O/c1-7(2)11-10(12-4)6-5-9(13-11)8(3)14/h5-6,12H,1H2,2-4H3. The number of rotatable bonds is 3. The Morgan fingerprint density at radius 2 is 2.07 bits per heavy atom. The molecule has 0 bridgehead atoms. The molecule has 0 aromatic carbocycles. The minimum Gasteiger partial charge on any atom is -0.386 e. The first kappa shape index (κ1) is 10.4. The summed E-state index contributed by atoms with van der Waals surface area (Å²) in [5, 5.41) is 3.01. The maximum absolute atomic E-state index is 11.1. The SMILES string of the molecule is C=C(C)c1nc(C(C)=O)ccc1NC. The lowest BCUT2D eigenvalue weighted by atomic mass is 10.1. The van der Waals surface area contributed by atoms with Crippen LogP contribution in [0.4, 0.5) is 5.69 Å². The van der Waals surface area contributed by atoms with E-state index in [0.717, 1.165) is 17.0 Å². The number of ketones is 1. The molecule has 0 aliphatic carbocycles. The fourth-order valence-corrected chi connectivity index (χ4v) is 1.18. The van der Waals surface area contributed by atoms with Crippen molar-refractivity contribution in [2.45, 2.75) is 13.8 Å². The number of pyridine rings is 1. The van der Waals surface area contributed by atoms with Crippen LogP contribution in [0, 0.1) is 0 Å². The summed E-state index contributed by atoms with van der Waals surface area (Å²) in [5.74, 6) is -0.0323. The van der Waals surface area contributed by atoms with Gasteiger partial charge >= 0.3 is 0 Å². The van der Waals surface area contributed by atoms with Gasteiger partial charge in [0.25, 0.3) is 0 Å². The molecule has 0 aliphatic heterocycles. The van der Waals surface area contributed by atoms with Crippen molar-refractivity contribution >= 4 is 17.0 Å². The monoisotopic (exact) mass is 190 g/mol. The Labute approximate surface area is 83.9 Å². The van der Waals surface area contributed by atoms with Gasteiger partial charge in [0.1, 0.15) is 5.69 Å². The lowest BCUT2D eigenvalue weighted by Gasteiger charge is -2.08. The van der Waals surface area contributed by atoms with E-state index in [2.05, 4.69) is 16.9 Å². The first-order chi connectivity index (χ1) is 6.56. The van der Waals surface area contributed by atoms with Crippen LogP contribution in [0.1, 0.15) is 30.0 Å². The van der Waals surface area contributed by atoms with Crippen LogP contribution in [-0.2, 0) is 0 Å². The van der Waals surface area contributed by atoms with Crippen LogP contribution in [-0.4, -0.2) is 17.8 Å². The molecule has 0 saturated heterocycles. The van der Waals surface area contributed by atoms with Gasteiger partial charge in [-0.05, 0) is 24.6 Å². The summed E-state index contributed by atoms with van der Waals surface area (Å²) < 4.78 is 0. The number of hydrogen-bond acceptors (Lipinski definition) is 3. The molecule has 0 amide bonds. The molecule has 3 heteroatoms. The first-order valence-corrected chi connectivity index (χ1v) is 4.42. The molecule has 0 aliphatic rings. The van der Waals surface area contributed by atoms with Crippen LogP contribution in [0.3, 0.4) is 0 Å². The van der Waals surface area contributed by atoms with E-state index in [-0.39, 0.29) is 5.78 Å². The fraction of sp³-hybridized carbons (Fsp3) is 0.273. The van der Waals surface area contributed by atoms with Crippen LogP contribution in [0.25, 0.3) is 5.57 Å². The van der Waals surface area contributed by atoms with Gasteiger partial charge in [0.15, 0.2) is 5.78 Å². The van der Waals surface area contributed by atoms with Crippen molar-refractivity contribution in [3.8, 4) is 0 Å². The number of nitrogens with zero attached hydrogens (tertiary/aromatic N) is 1. The molecule has 1 aromatic rings. The third-order valence-electron chi connectivity index (χ3n) is 1.93. The molecule has 0 fully saturated rings. The van der Waals surface area contributed by atoms with Crippen LogP contribution in [0.2, 0.25) is 0 Å². The van der Waals surface area contributed by atoms with Crippen molar-refractivity contribution in [3.05, 3.63) is 30.1 Å². The van der Waals surface area contributed by atoms with E-state index in [1.165, 1.54) is 6.92 Å². The average Bonchev–Trinajstić information content (AvgIpc) is 2.16. The third-order valence-corrected chi connectivity index (χ3v) is 1.93. The summed E-state index contributed by atoms with van der Waals surface area (Å²) in [6.07, 6.45) is 0. The summed E-state index contributed by atoms with van der Waals surface area (Å²) in [4.78, 5) is 15.3. The quantitative estimate of drug-likeness (QED) is 0.744. The topological polar surface area (TPSA) is 42.0 Å². The zero-order chi connectivity index (χ0) is 10.7. The van der Waals surface area contributed by atoms with Crippen molar-refractivity contribution in [3.63, 3.8) is 0 Å². The number of aromatic nitrogens is 1. The Morgan fingerprint density at radius 3 is 2.50 bits per heavy atom.